The van der Waals surface area contributed by atoms with Crippen LogP contribution >= 0.6 is 24.0 Å². The molecule has 0 heterocycles. The first-order valence-electron chi connectivity index (χ1n) is 8.02. The van der Waals surface area contributed by atoms with Crippen molar-refractivity contribution in [2.75, 3.05) is 19.0 Å². The minimum absolute atomic E-state index is 0. The molecular formula is C19H26IN3O2. The third-order valence-electron chi connectivity index (χ3n) is 3.74. The summed E-state index contributed by atoms with van der Waals surface area (Å²) in [6.45, 7) is 2.31. The summed E-state index contributed by atoms with van der Waals surface area (Å²) in [4.78, 5) is 4.43. The second-order valence-electron chi connectivity index (χ2n) is 5.77. The normalized spacial score (nSPS) is 13.5. The number of rotatable bonds is 7. The predicted octanol–water partition coefficient (Wildman–Crippen LogP) is 3.59. The molecule has 0 aromatic heterocycles. The summed E-state index contributed by atoms with van der Waals surface area (Å²) in [6, 6.07) is 17.5. The molecule has 0 aliphatic rings. The number of anilines is 1. The van der Waals surface area contributed by atoms with Crippen molar-refractivity contribution in [3.05, 3.63) is 60.2 Å². The van der Waals surface area contributed by atoms with Crippen molar-refractivity contribution in [1.82, 2.24) is 0 Å². The summed E-state index contributed by atoms with van der Waals surface area (Å²) in [5.41, 5.74) is 7.98. The van der Waals surface area contributed by atoms with Crippen LogP contribution in [-0.4, -0.2) is 30.8 Å². The molecule has 2 atom stereocenters. The van der Waals surface area contributed by atoms with Crippen LogP contribution in [0, 0.1) is 0 Å². The van der Waals surface area contributed by atoms with Crippen LogP contribution in [0.15, 0.2) is 59.6 Å². The van der Waals surface area contributed by atoms with E-state index in [9.17, 15) is 5.11 Å². The summed E-state index contributed by atoms with van der Waals surface area (Å²) in [5.74, 6) is 1.27. The minimum atomic E-state index is -0.388. The lowest BCUT2D eigenvalue weighted by atomic mass is 9.93. The fraction of sp³-hybridized carbons (Fsp3) is 0.316. The lowest BCUT2D eigenvalue weighted by Gasteiger charge is -2.17. The Morgan fingerprint density at radius 1 is 1.16 bits per heavy atom. The van der Waals surface area contributed by atoms with Gasteiger partial charge in [0.05, 0.1) is 13.2 Å². The van der Waals surface area contributed by atoms with Crippen LogP contribution in [0.25, 0.3) is 0 Å². The van der Waals surface area contributed by atoms with Crippen LogP contribution in [0.3, 0.4) is 0 Å². The average Bonchev–Trinajstić information content (AvgIpc) is 2.59. The first kappa shape index (κ1) is 21.2. The number of hydrogen-bond donors (Lipinski definition) is 3. The highest BCUT2D eigenvalue weighted by Gasteiger charge is 2.13. The van der Waals surface area contributed by atoms with Gasteiger partial charge in [-0.3, -0.25) is 4.99 Å². The molecule has 2 aromatic rings. The Labute approximate surface area is 166 Å². The molecule has 5 nitrogen and oxygen atoms in total. The van der Waals surface area contributed by atoms with Gasteiger partial charge in [0.25, 0.3) is 0 Å². The van der Waals surface area contributed by atoms with Gasteiger partial charge in [0.15, 0.2) is 5.96 Å². The Morgan fingerprint density at radius 3 is 2.36 bits per heavy atom. The SMILES string of the molecule is COc1ccc(NC(N)=NCC(CC(C)O)c2ccccc2)cc1.I. The van der Waals surface area contributed by atoms with Gasteiger partial charge in [-0.25, -0.2) is 0 Å². The lowest BCUT2D eigenvalue weighted by molar-refractivity contribution is 0.175. The number of hydrogen-bond acceptors (Lipinski definition) is 3. The van der Waals surface area contributed by atoms with Crippen molar-refractivity contribution >= 4 is 35.6 Å². The van der Waals surface area contributed by atoms with Crippen molar-refractivity contribution in [3.63, 3.8) is 0 Å². The van der Waals surface area contributed by atoms with Crippen molar-refractivity contribution in [2.45, 2.75) is 25.4 Å². The molecule has 6 heteroatoms. The van der Waals surface area contributed by atoms with E-state index in [2.05, 4.69) is 22.4 Å². The van der Waals surface area contributed by atoms with E-state index in [-0.39, 0.29) is 36.0 Å². The Kier molecular flexibility index (Phi) is 9.30. The molecule has 0 bridgehead atoms. The maximum absolute atomic E-state index is 9.73. The molecule has 0 saturated carbocycles. The Bertz CT molecular complexity index is 645. The number of nitrogens with two attached hydrogens (primary N) is 1. The molecular weight excluding hydrogens is 429 g/mol. The van der Waals surface area contributed by atoms with E-state index in [1.807, 2.05) is 42.5 Å². The minimum Gasteiger partial charge on any atom is -0.497 e. The average molecular weight is 455 g/mol. The van der Waals surface area contributed by atoms with E-state index in [0.29, 0.717) is 18.9 Å². The third kappa shape index (κ3) is 7.31. The van der Waals surface area contributed by atoms with Gasteiger partial charge in [-0.2, -0.15) is 0 Å². The summed E-state index contributed by atoms with van der Waals surface area (Å²) >= 11 is 0. The zero-order chi connectivity index (χ0) is 17.4. The molecule has 0 amide bonds. The van der Waals surface area contributed by atoms with Crippen molar-refractivity contribution < 1.29 is 9.84 Å². The second kappa shape index (κ2) is 10.9. The standard InChI is InChI=1S/C19H25N3O2.HI/c1-14(23)12-16(15-6-4-3-5-7-15)13-21-19(20)22-17-8-10-18(24-2)11-9-17;/h3-11,14,16,23H,12-13H2,1-2H3,(H3,20,21,22);1H. The molecule has 2 unspecified atom stereocenters. The molecule has 2 aromatic carbocycles. The fourth-order valence-corrected chi connectivity index (χ4v) is 2.52. The number of nitrogens with zero attached hydrogens (tertiary/aromatic N) is 1. The number of benzene rings is 2. The number of ether oxygens (including phenoxy) is 1. The van der Waals surface area contributed by atoms with Gasteiger partial charge >= 0.3 is 0 Å². The molecule has 0 fully saturated rings. The number of guanidine groups is 1. The number of nitrogens with one attached hydrogen (secondary N) is 1. The second-order valence-corrected chi connectivity index (χ2v) is 5.77. The quantitative estimate of drug-likeness (QED) is 0.339. The van der Waals surface area contributed by atoms with E-state index >= 15 is 0 Å². The summed E-state index contributed by atoms with van der Waals surface area (Å²) in [7, 11) is 1.63. The van der Waals surface area contributed by atoms with Crippen molar-refractivity contribution in [1.29, 1.82) is 0 Å². The van der Waals surface area contributed by atoms with Crippen LogP contribution < -0.4 is 15.8 Å². The molecule has 2 rings (SSSR count). The Hall–Kier alpha value is -1.80. The zero-order valence-corrected chi connectivity index (χ0v) is 16.9. The third-order valence-corrected chi connectivity index (χ3v) is 3.74. The number of aliphatic hydroxyl groups excluding tert-OH is 1. The summed E-state index contributed by atoms with van der Waals surface area (Å²) < 4.78 is 5.13. The van der Waals surface area contributed by atoms with Crippen LogP contribution in [-0.2, 0) is 0 Å². The van der Waals surface area contributed by atoms with Gasteiger partial charge < -0.3 is 20.9 Å². The highest BCUT2D eigenvalue weighted by molar-refractivity contribution is 14.0. The number of methoxy groups -OCH3 is 1. The van der Waals surface area contributed by atoms with E-state index in [1.54, 1.807) is 14.0 Å². The topological polar surface area (TPSA) is 79.9 Å². The largest absolute Gasteiger partial charge is 0.497 e. The maximum Gasteiger partial charge on any atom is 0.193 e. The van der Waals surface area contributed by atoms with Gasteiger partial charge in [-0.15, -0.1) is 24.0 Å². The van der Waals surface area contributed by atoms with Crippen LogP contribution in [0.1, 0.15) is 24.8 Å². The maximum atomic E-state index is 9.73. The van der Waals surface area contributed by atoms with Gasteiger partial charge in [-0.05, 0) is 43.2 Å². The smallest absolute Gasteiger partial charge is 0.193 e. The molecule has 4 N–H and O–H groups in total. The molecule has 0 radical (unpaired) electrons. The highest BCUT2D eigenvalue weighted by Crippen LogP contribution is 2.22. The Balaban J connectivity index is 0.00000312. The summed E-state index contributed by atoms with van der Waals surface area (Å²) in [5, 5.41) is 12.8. The molecule has 25 heavy (non-hydrogen) atoms. The first-order valence-corrected chi connectivity index (χ1v) is 8.02. The lowest BCUT2D eigenvalue weighted by Crippen LogP contribution is -2.24. The van der Waals surface area contributed by atoms with Crippen molar-refractivity contribution in [2.24, 2.45) is 10.7 Å². The first-order chi connectivity index (χ1) is 11.6. The molecule has 0 saturated heterocycles. The molecule has 0 aliphatic carbocycles. The Morgan fingerprint density at radius 2 is 1.80 bits per heavy atom. The monoisotopic (exact) mass is 455 g/mol. The molecule has 0 spiro atoms. The van der Waals surface area contributed by atoms with E-state index in [0.717, 1.165) is 17.0 Å². The fourth-order valence-electron chi connectivity index (χ4n) is 2.52. The number of aliphatic hydroxyl groups is 1. The molecule has 136 valence electrons. The van der Waals surface area contributed by atoms with E-state index < -0.39 is 0 Å². The van der Waals surface area contributed by atoms with Crippen molar-refractivity contribution in [3.8, 4) is 5.75 Å². The van der Waals surface area contributed by atoms with Gasteiger partial charge in [0.2, 0.25) is 0 Å². The van der Waals surface area contributed by atoms with E-state index in [4.69, 9.17) is 10.5 Å². The van der Waals surface area contributed by atoms with E-state index in [1.165, 1.54) is 0 Å². The van der Waals surface area contributed by atoms with Crippen LogP contribution in [0.2, 0.25) is 0 Å². The molecule has 0 aliphatic heterocycles. The van der Waals surface area contributed by atoms with Gasteiger partial charge in [-0.1, -0.05) is 30.3 Å². The number of halogens is 1. The highest BCUT2D eigenvalue weighted by atomic mass is 127. The van der Waals surface area contributed by atoms with Gasteiger partial charge in [0.1, 0.15) is 5.75 Å². The predicted molar refractivity (Wildman–Crippen MR) is 114 cm³/mol. The van der Waals surface area contributed by atoms with Gasteiger partial charge in [0, 0.05) is 18.2 Å². The van der Waals surface area contributed by atoms with Crippen LogP contribution in [0.5, 0.6) is 5.75 Å². The van der Waals surface area contributed by atoms with Crippen LogP contribution in [0.4, 0.5) is 5.69 Å². The summed E-state index contributed by atoms with van der Waals surface area (Å²) in [6.07, 6.45) is 0.254. The zero-order valence-electron chi connectivity index (χ0n) is 14.6. The number of aliphatic imine (C=N–C) groups is 1.